The van der Waals surface area contributed by atoms with Crippen molar-refractivity contribution in [2.24, 2.45) is 0 Å². The summed E-state index contributed by atoms with van der Waals surface area (Å²) in [6, 6.07) is 0.890. The van der Waals surface area contributed by atoms with Gasteiger partial charge < -0.3 is 17.2 Å². The number of rotatable bonds is 12. The van der Waals surface area contributed by atoms with Gasteiger partial charge in [-0.15, -0.1) is 0 Å². The van der Waals surface area contributed by atoms with Crippen LogP contribution in [0.2, 0.25) is 45.3 Å². The predicted molar refractivity (Wildman–Crippen MR) is 98.4 cm³/mol. The second kappa shape index (κ2) is 10.9. The average molecular weight is 368 g/mol. The third kappa shape index (κ3) is 10.6. The first-order valence-electron chi connectivity index (χ1n) is 7.89. The molecule has 0 aromatic rings. The molecule has 0 heterocycles. The molecule has 0 aromatic heterocycles. The molecule has 0 fully saturated rings. The van der Waals surface area contributed by atoms with Gasteiger partial charge in [0.1, 0.15) is 0 Å². The van der Waals surface area contributed by atoms with Crippen LogP contribution in [0.1, 0.15) is 12.8 Å². The zero-order chi connectivity index (χ0) is 16.5. The highest BCUT2D eigenvalue weighted by Gasteiger charge is 2.42. The molecule has 9 heteroatoms. The number of hydrogen-bond donors (Lipinski definition) is 0. The molecule has 0 atom stereocenters. The Morgan fingerprint density at radius 3 is 1.67 bits per heavy atom. The van der Waals surface area contributed by atoms with Gasteiger partial charge in [0.15, 0.2) is 27.1 Å². The Hall–Kier alpha value is 0.218. The molecule has 0 saturated carbocycles. The number of amides is 1. The lowest BCUT2D eigenvalue weighted by atomic mass is 10.3. The maximum atomic E-state index is 10.6. The summed E-state index contributed by atoms with van der Waals surface area (Å²) in [4.78, 5) is 12.3. The Labute approximate surface area is 136 Å². The highest BCUT2D eigenvalue weighted by atomic mass is 28.5. The number of carbonyl (C=O) groups excluding carboxylic acids is 1. The third-order valence-corrected chi connectivity index (χ3v) is 13.6. The van der Waals surface area contributed by atoms with E-state index >= 15 is 0 Å². The fraction of sp³-hybridized carbons (Fsp3) is 0.917. The Morgan fingerprint density at radius 1 is 0.905 bits per heavy atom. The third-order valence-electron chi connectivity index (χ3n) is 2.67. The Bertz CT molecular complexity index is 266. The fourth-order valence-electron chi connectivity index (χ4n) is 2.09. The van der Waals surface area contributed by atoms with Gasteiger partial charge in [0.2, 0.25) is 6.41 Å². The molecule has 0 radical (unpaired) electrons. The molecule has 0 aliphatic rings. The Balaban J connectivity index is 4.68. The van der Waals surface area contributed by atoms with Crippen LogP contribution in [0.25, 0.3) is 0 Å². The summed E-state index contributed by atoms with van der Waals surface area (Å²) in [7, 11) is -4.28. The van der Waals surface area contributed by atoms with E-state index in [4.69, 9.17) is 12.3 Å². The van der Waals surface area contributed by atoms with Gasteiger partial charge in [0, 0.05) is 19.6 Å². The molecular weight excluding hydrogens is 334 g/mol. The molecular formula is C12H33NO4Si4. The van der Waals surface area contributed by atoms with E-state index in [2.05, 4.69) is 39.3 Å². The number of nitrogens with zero attached hydrogens (tertiary/aromatic N) is 1. The predicted octanol–water partition coefficient (Wildman–Crippen LogP) is 1.79. The van der Waals surface area contributed by atoms with Gasteiger partial charge in [-0.25, -0.2) is 0 Å². The van der Waals surface area contributed by atoms with Crippen molar-refractivity contribution < 1.29 is 17.1 Å². The summed E-state index contributed by atoms with van der Waals surface area (Å²) in [5.41, 5.74) is 0. The zero-order valence-electron chi connectivity index (χ0n) is 14.7. The quantitative estimate of drug-likeness (QED) is 0.300. The number of hydrogen-bond acceptors (Lipinski definition) is 4. The van der Waals surface area contributed by atoms with Crippen LogP contribution in [0, 0.1) is 0 Å². The van der Waals surface area contributed by atoms with E-state index in [0.717, 1.165) is 31.8 Å². The second-order valence-electron chi connectivity index (χ2n) is 6.23. The van der Waals surface area contributed by atoms with Crippen LogP contribution in [-0.4, -0.2) is 60.8 Å². The molecule has 5 nitrogen and oxygen atoms in total. The van der Waals surface area contributed by atoms with Crippen molar-refractivity contribution in [3.05, 3.63) is 0 Å². The first kappa shape index (κ1) is 21.2. The molecule has 0 spiro atoms. The summed E-state index contributed by atoms with van der Waals surface area (Å²) in [5.74, 6) is 0. The standard InChI is InChI=1S/C12H33NO4Si4/c1-13(12-14)10-8-9-11-21(15-18(2)3,16-19(4)5)17-20(6)7/h12,18-20H,8-11H2,1-7H3. The molecule has 0 unspecified atom stereocenters. The van der Waals surface area contributed by atoms with Gasteiger partial charge in [0.25, 0.3) is 0 Å². The van der Waals surface area contributed by atoms with E-state index in [9.17, 15) is 4.79 Å². The first-order chi connectivity index (χ1) is 9.70. The minimum absolute atomic E-state index is 0.783. The van der Waals surface area contributed by atoms with Gasteiger partial charge >= 0.3 is 8.80 Å². The van der Waals surface area contributed by atoms with Crippen molar-refractivity contribution in [1.29, 1.82) is 0 Å². The Kier molecular flexibility index (Phi) is 11.0. The van der Waals surface area contributed by atoms with Crippen LogP contribution in [0.3, 0.4) is 0 Å². The van der Waals surface area contributed by atoms with E-state index < -0.39 is 35.9 Å². The van der Waals surface area contributed by atoms with Crippen LogP contribution < -0.4 is 0 Å². The normalized spacial score (nSPS) is 12.5. The molecule has 0 aromatic carbocycles. The van der Waals surface area contributed by atoms with Gasteiger partial charge in [-0.3, -0.25) is 4.79 Å². The maximum Gasteiger partial charge on any atom is 0.468 e. The summed E-state index contributed by atoms with van der Waals surface area (Å²) in [5, 5.41) is 0. The van der Waals surface area contributed by atoms with Crippen LogP contribution in [0.15, 0.2) is 0 Å². The summed E-state index contributed by atoms with van der Waals surface area (Å²) < 4.78 is 18.9. The first-order valence-corrected chi connectivity index (χ1v) is 18.2. The second-order valence-corrected chi connectivity index (χ2v) is 17.2. The van der Waals surface area contributed by atoms with Crippen molar-refractivity contribution in [2.75, 3.05) is 13.6 Å². The molecule has 0 N–H and O–H groups in total. The largest absolute Gasteiger partial charge is 0.468 e. The summed E-state index contributed by atoms with van der Waals surface area (Å²) >= 11 is 0. The minimum Gasteiger partial charge on any atom is -0.420 e. The number of unbranched alkanes of at least 4 members (excludes halogenated alkanes) is 1. The molecule has 0 bridgehead atoms. The fourth-order valence-corrected chi connectivity index (χ4v) is 15.0. The lowest BCUT2D eigenvalue weighted by molar-refractivity contribution is -0.117. The molecule has 0 saturated heterocycles. The van der Waals surface area contributed by atoms with Crippen molar-refractivity contribution in [1.82, 2.24) is 4.90 Å². The smallest absolute Gasteiger partial charge is 0.420 e. The highest BCUT2D eigenvalue weighted by molar-refractivity contribution is 6.79. The minimum atomic E-state index is -2.49. The molecule has 0 aliphatic carbocycles. The monoisotopic (exact) mass is 367 g/mol. The SMILES string of the molecule is CN(C=O)CCCC[Si](O[SiH](C)C)(O[SiH](C)C)O[SiH](C)C. The average Bonchev–Trinajstić information content (AvgIpc) is 2.31. The van der Waals surface area contributed by atoms with E-state index in [-0.39, 0.29) is 0 Å². The topological polar surface area (TPSA) is 48.0 Å². The zero-order valence-corrected chi connectivity index (χ0v) is 19.2. The number of carbonyl (C=O) groups is 1. The van der Waals surface area contributed by atoms with Crippen molar-refractivity contribution in [2.45, 2.75) is 58.2 Å². The maximum absolute atomic E-state index is 10.6. The molecule has 126 valence electrons. The van der Waals surface area contributed by atoms with Crippen LogP contribution in [0.4, 0.5) is 0 Å². The molecule has 0 rings (SSSR count). The summed E-state index contributed by atoms with van der Waals surface area (Å²) in [6.45, 7) is 13.9. The molecule has 1 amide bonds. The molecule has 21 heavy (non-hydrogen) atoms. The summed E-state index contributed by atoms with van der Waals surface area (Å²) in [6.07, 6.45) is 2.84. The van der Waals surface area contributed by atoms with Gasteiger partial charge in [-0.05, 0) is 52.1 Å². The lowest BCUT2D eigenvalue weighted by Gasteiger charge is -2.35. The van der Waals surface area contributed by atoms with E-state index in [1.165, 1.54) is 0 Å². The van der Waals surface area contributed by atoms with Gasteiger partial charge in [0.05, 0.1) is 0 Å². The highest BCUT2D eigenvalue weighted by Crippen LogP contribution is 2.22. The van der Waals surface area contributed by atoms with Gasteiger partial charge in [-0.2, -0.15) is 0 Å². The van der Waals surface area contributed by atoms with E-state index in [1.54, 1.807) is 4.90 Å². The van der Waals surface area contributed by atoms with Crippen LogP contribution in [-0.2, 0) is 17.1 Å². The van der Waals surface area contributed by atoms with Crippen LogP contribution >= 0.6 is 0 Å². The van der Waals surface area contributed by atoms with Crippen molar-refractivity contribution in [3.8, 4) is 0 Å². The Morgan fingerprint density at radius 2 is 1.33 bits per heavy atom. The van der Waals surface area contributed by atoms with Gasteiger partial charge in [-0.1, -0.05) is 0 Å². The van der Waals surface area contributed by atoms with Crippen molar-refractivity contribution >= 4 is 42.3 Å². The molecule has 0 aliphatic heterocycles. The lowest BCUT2D eigenvalue weighted by Crippen LogP contribution is -2.53. The van der Waals surface area contributed by atoms with Crippen LogP contribution in [0.5, 0.6) is 0 Å². The van der Waals surface area contributed by atoms with E-state index in [0.29, 0.717) is 0 Å². The van der Waals surface area contributed by atoms with E-state index in [1.807, 2.05) is 7.05 Å². The van der Waals surface area contributed by atoms with Crippen molar-refractivity contribution in [3.63, 3.8) is 0 Å².